The van der Waals surface area contributed by atoms with E-state index >= 15 is 0 Å². The molecule has 4 rings (SSSR count). The number of nitrogens with one attached hydrogen (secondary N) is 1. The number of fused-ring (bicyclic) bond motifs is 1. The molecule has 0 radical (unpaired) electrons. The fourth-order valence-electron chi connectivity index (χ4n) is 2.98. The van der Waals surface area contributed by atoms with E-state index < -0.39 is 5.41 Å². The van der Waals surface area contributed by atoms with Gasteiger partial charge in [-0.15, -0.1) is 26.6 Å². The highest BCUT2D eigenvalue weighted by Crippen LogP contribution is 2.27. The fraction of sp³-hybridized carbons (Fsp3) is 0.286. The summed E-state index contributed by atoms with van der Waals surface area (Å²) in [5, 5.41) is 17.7. The Labute approximate surface area is 191 Å². The molecule has 0 saturated carbocycles. The van der Waals surface area contributed by atoms with Crippen molar-refractivity contribution >= 4 is 45.3 Å². The summed E-state index contributed by atoms with van der Waals surface area (Å²) in [6.07, 6.45) is 0. The Balaban J connectivity index is 1.48. The number of benzene rings is 1. The molecule has 3 heterocycles. The number of aromatic nitrogens is 4. The van der Waals surface area contributed by atoms with Crippen LogP contribution in [-0.4, -0.2) is 31.5 Å². The molecule has 7 nitrogen and oxygen atoms in total. The Morgan fingerprint density at radius 1 is 1.16 bits per heavy atom. The lowest BCUT2D eigenvalue weighted by atomic mass is 9.93. The molecule has 0 fully saturated rings. The van der Waals surface area contributed by atoms with E-state index in [9.17, 15) is 9.59 Å². The quantitative estimate of drug-likeness (QED) is 0.429. The van der Waals surface area contributed by atoms with E-state index in [1.807, 2.05) is 68.6 Å². The number of carbonyl (C=O) groups excluding carboxylic acids is 1. The summed E-state index contributed by atoms with van der Waals surface area (Å²) in [5.41, 5.74) is 0.703. The monoisotopic (exact) mass is 471 g/mol. The number of hydrogen-bond donors (Lipinski definition) is 1. The summed E-state index contributed by atoms with van der Waals surface area (Å²) in [7, 11) is 0. The topological polar surface area (TPSA) is 89.2 Å². The molecular formula is C21H21N5O2S3. The van der Waals surface area contributed by atoms with Gasteiger partial charge in [-0.05, 0) is 17.0 Å². The predicted octanol–water partition coefficient (Wildman–Crippen LogP) is 3.90. The summed E-state index contributed by atoms with van der Waals surface area (Å²) in [4.78, 5) is 26.9. The summed E-state index contributed by atoms with van der Waals surface area (Å²) in [6, 6.07) is 13.7. The first-order valence-electron chi connectivity index (χ1n) is 9.60. The highest BCUT2D eigenvalue weighted by atomic mass is 32.2. The van der Waals surface area contributed by atoms with Crippen molar-refractivity contribution in [2.45, 2.75) is 36.6 Å². The van der Waals surface area contributed by atoms with E-state index in [2.05, 4.69) is 20.6 Å². The molecule has 1 amide bonds. The number of thioether (sulfide) groups is 1. The molecule has 0 aliphatic heterocycles. The third kappa shape index (κ3) is 4.86. The van der Waals surface area contributed by atoms with Crippen molar-refractivity contribution in [3.8, 4) is 0 Å². The minimum Gasteiger partial charge on any atom is -0.344 e. The summed E-state index contributed by atoms with van der Waals surface area (Å²) >= 11 is 4.14. The van der Waals surface area contributed by atoms with Crippen LogP contribution in [-0.2, 0) is 10.2 Å². The summed E-state index contributed by atoms with van der Waals surface area (Å²) in [6.45, 7) is 5.73. The highest BCUT2D eigenvalue weighted by Gasteiger charge is 2.23. The zero-order chi connectivity index (χ0) is 22.0. The maximum Gasteiger partial charge on any atom is 0.297 e. The lowest BCUT2D eigenvalue weighted by molar-refractivity contribution is -0.119. The van der Waals surface area contributed by atoms with Crippen LogP contribution in [0.4, 0.5) is 0 Å². The van der Waals surface area contributed by atoms with Gasteiger partial charge in [0.15, 0.2) is 4.34 Å². The van der Waals surface area contributed by atoms with Crippen molar-refractivity contribution < 1.29 is 4.79 Å². The number of nitrogens with zero attached hydrogens (tertiary/aromatic N) is 4. The van der Waals surface area contributed by atoms with Gasteiger partial charge < -0.3 is 5.32 Å². The first-order valence-corrected chi connectivity index (χ1v) is 12.3. The SMILES string of the molecule is CC(C)(C)c1nnc2sc(SCC(=O)N[C@@H](c3ccccc3)c3cccs3)nn2c1=O. The zero-order valence-electron chi connectivity index (χ0n) is 17.2. The maximum absolute atomic E-state index is 12.7. The largest absolute Gasteiger partial charge is 0.344 e. The van der Waals surface area contributed by atoms with Crippen molar-refractivity contribution in [1.29, 1.82) is 0 Å². The summed E-state index contributed by atoms with van der Waals surface area (Å²) < 4.78 is 1.87. The number of hydrogen-bond acceptors (Lipinski definition) is 8. The van der Waals surface area contributed by atoms with Gasteiger partial charge in [0, 0.05) is 10.3 Å². The van der Waals surface area contributed by atoms with E-state index in [4.69, 9.17) is 0 Å². The van der Waals surface area contributed by atoms with Crippen molar-refractivity contribution in [3.05, 3.63) is 74.3 Å². The first-order chi connectivity index (χ1) is 14.8. The molecule has 3 aromatic heterocycles. The molecule has 31 heavy (non-hydrogen) atoms. The van der Waals surface area contributed by atoms with Crippen LogP contribution >= 0.6 is 34.4 Å². The molecule has 1 atom stereocenters. The van der Waals surface area contributed by atoms with Crippen LogP contribution in [0.2, 0.25) is 0 Å². The van der Waals surface area contributed by atoms with E-state index in [0.717, 1.165) is 10.4 Å². The van der Waals surface area contributed by atoms with Crippen molar-refractivity contribution in [1.82, 2.24) is 25.1 Å². The predicted molar refractivity (Wildman–Crippen MR) is 125 cm³/mol. The molecule has 10 heteroatoms. The molecule has 0 aliphatic carbocycles. The minimum atomic E-state index is -0.420. The average Bonchev–Trinajstić information content (AvgIpc) is 3.40. The van der Waals surface area contributed by atoms with Crippen LogP contribution in [0.25, 0.3) is 4.96 Å². The third-order valence-corrected chi connectivity index (χ3v) is 7.44. The van der Waals surface area contributed by atoms with Crippen molar-refractivity contribution in [2.24, 2.45) is 0 Å². The molecule has 1 N–H and O–H groups in total. The van der Waals surface area contributed by atoms with Crippen LogP contribution in [0.5, 0.6) is 0 Å². The lowest BCUT2D eigenvalue weighted by Crippen LogP contribution is -2.30. The lowest BCUT2D eigenvalue weighted by Gasteiger charge is -2.17. The van der Waals surface area contributed by atoms with E-state index in [0.29, 0.717) is 15.0 Å². The highest BCUT2D eigenvalue weighted by molar-refractivity contribution is 8.01. The van der Waals surface area contributed by atoms with Crippen LogP contribution < -0.4 is 10.9 Å². The Hall–Kier alpha value is -2.56. The fourth-order valence-corrected chi connectivity index (χ4v) is 5.46. The smallest absolute Gasteiger partial charge is 0.297 e. The van der Waals surface area contributed by atoms with Gasteiger partial charge in [0.1, 0.15) is 5.69 Å². The van der Waals surface area contributed by atoms with Gasteiger partial charge in [-0.2, -0.15) is 4.52 Å². The number of thiophene rings is 1. The molecule has 0 unspecified atom stereocenters. The summed E-state index contributed by atoms with van der Waals surface area (Å²) in [5.74, 6) is 0.0726. The maximum atomic E-state index is 12.7. The molecule has 0 aliphatic rings. The van der Waals surface area contributed by atoms with E-state index in [-0.39, 0.29) is 23.3 Å². The number of carbonyl (C=O) groups is 1. The van der Waals surface area contributed by atoms with Crippen LogP contribution in [0.1, 0.15) is 42.9 Å². The van der Waals surface area contributed by atoms with E-state index in [1.54, 1.807) is 11.3 Å². The second-order valence-electron chi connectivity index (χ2n) is 7.88. The Bertz CT molecular complexity index is 1240. The minimum absolute atomic E-state index is 0.111. The van der Waals surface area contributed by atoms with Gasteiger partial charge in [-0.25, -0.2) is 0 Å². The molecule has 0 saturated heterocycles. The van der Waals surface area contributed by atoms with Gasteiger partial charge in [-0.1, -0.05) is 80.3 Å². The van der Waals surface area contributed by atoms with Crippen LogP contribution in [0.15, 0.2) is 57.0 Å². The molecular weight excluding hydrogens is 450 g/mol. The number of amides is 1. The molecule has 0 bridgehead atoms. The second-order valence-corrected chi connectivity index (χ2v) is 11.0. The van der Waals surface area contributed by atoms with Crippen LogP contribution in [0.3, 0.4) is 0 Å². The molecule has 160 valence electrons. The third-order valence-electron chi connectivity index (χ3n) is 4.48. The average molecular weight is 472 g/mol. The standard InChI is InChI=1S/C21H21N5O2S3/c1-21(2,3)17-18(28)26-19(24-23-17)31-20(25-26)30-12-15(27)22-16(14-10-7-11-29-14)13-8-5-4-6-9-13/h4-11,16H,12H2,1-3H3,(H,22,27)/t16-/m0/s1. The number of rotatable bonds is 6. The van der Waals surface area contributed by atoms with Gasteiger partial charge in [0.25, 0.3) is 5.56 Å². The molecule has 0 spiro atoms. The Morgan fingerprint density at radius 3 is 2.61 bits per heavy atom. The first kappa shape index (κ1) is 21.7. The molecule has 1 aromatic carbocycles. The normalized spacial score (nSPS) is 12.7. The van der Waals surface area contributed by atoms with Crippen LogP contribution in [0, 0.1) is 0 Å². The molecule has 4 aromatic rings. The van der Waals surface area contributed by atoms with Crippen molar-refractivity contribution in [2.75, 3.05) is 5.75 Å². The Kier molecular flexibility index (Phi) is 6.22. The van der Waals surface area contributed by atoms with Gasteiger partial charge in [0.05, 0.1) is 11.8 Å². The van der Waals surface area contributed by atoms with Gasteiger partial charge >= 0.3 is 0 Å². The second kappa shape index (κ2) is 8.89. The van der Waals surface area contributed by atoms with Gasteiger partial charge in [-0.3, -0.25) is 9.59 Å². The Morgan fingerprint density at radius 2 is 1.94 bits per heavy atom. The zero-order valence-corrected chi connectivity index (χ0v) is 19.7. The van der Waals surface area contributed by atoms with Crippen molar-refractivity contribution in [3.63, 3.8) is 0 Å². The van der Waals surface area contributed by atoms with E-state index in [1.165, 1.54) is 27.6 Å². The van der Waals surface area contributed by atoms with Gasteiger partial charge in [0.2, 0.25) is 10.9 Å².